The number of hydrogen-bond acceptors (Lipinski definition) is 5. The van der Waals surface area contributed by atoms with Gasteiger partial charge in [0.25, 0.3) is 0 Å². The third kappa shape index (κ3) is 4.42. The fourth-order valence-electron chi connectivity index (χ4n) is 2.21. The lowest BCUT2D eigenvalue weighted by atomic mass is 10.0. The summed E-state index contributed by atoms with van der Waals surface area (Å²) in [7, 11) is 3.47. The van der Waals surface area contributed by atoms with Crippen LogP contribution < -0.4 is 15.4 Å². The van der Waals surface area contributed by atoms with Gasteiger partial charge >= 0.3 is 0 Å². The number of likely N-dealkylation sites (N-methyl/N-ethyl adjacent to an activating group) is 1. The van der Waals surface area contributed by atoms with Gasteiger partial charge in [-0.3, -0.25) is 4.79 Å². The molecule has 1 aromatic rings. The molecule has 1 saturated heterocycles. The van der Waals surface area contributed by atoms with Crippen molar-refractivity contribution in [2.24, 2.45) is 5.92 Å². The summed E-state index contributed by atoms with van der Waals surface area (Å²) >= 11 is 0. The normalized spacial score (nSPS) is 21.2. The molecule has 0 bridgehead atoms. The topological polar surface area (TPSA) is 68.8 Å². The van der Waals surface area contributed by atoms with Gasteiger partial charge < -0.3 is 24.8 Å². The van der Waals surface area contributed by atoms with E-state index in [9.17, 15) is 4.79 Å². The van der Waals surface area contributed by atoms with Crippen molar-refractivity contribution in [3.05, 3.63) is 24.3 Å². The minimum Gasteiger partial charge on any atom is -0.491 e. The first kappa shape index (κ1) is 15.8. The highest BCUT2D eigenvalue weighted by Gasteiger charge is 2.32. The number of benzene rings is 1. The third-order valence-electron chi connectivity index (χ3n) is 3.47. The Labute approximate surface area is 124 Å². The van der Waals surface area contributed by atoms with Crippen LogP contribution in [0.2, 0.25) is 0 Å². The van der Waals surface area contributed by atoms with Crippen LogP contribution >= 0.6 is 0 Å². The second kappa shape index (κ2) is 7.97. The van der Waals surface area contributed by atoms with Crippen molar-refractivity contribution < 1.29 is 19.0 Å². The van der Waals surface area contributed by atoms with E-state index < -0.39 is 0 Å². The number of carbonyl (C=O) groups is 1. The number of rotatable bonds is 7. The van der Waals surface area contributed by atoms with Gasteiger partial charge in [-0.05, 0) is 31.3 Å². The molecule has 2 N–H and O–H groups in total. The van der Waals surface area contributed by atoms with E-state index in [1.54, 1.807) is 7.11 Å². The molecule has 6 heteroatoms. The molecule has 1 heterocycles. The van der Waals surface area contributed by atoms with E-state index in [0.29, 0.717) is 26.4 Å². The molecule has 2 unspecified atom stereocenters. The summed E-state index contributed by atoms with van der Waals surface area (Å²) in [6.45, 7) is 2.08. The zero-order chi connectivity index (χ0) is 15.1. The largest absolute Gasteiger partial charge is 0.491 e. The first-order chi connectivity index (χ1) is 10.2. The Hall–Kier alpha value is -1.63. The molecule has 0 aliphatic carbocycles. The smallest absolute Gasteiger partial charge is 0.231 e. The Balaban J connectivity index is 1.86. The van der Waals surface area contributed by atoms with Crippen LogP contribution in [0.5, 0.6) is 5.75 Å². The average Bonchev–Trinajstić information content (AvgIpc) is 2.98. The number of methoxy groups -OCH3 is 1. The van der Waals surface area contributed by atoms with Crippen LogP contribution in [-0.2, 0) is 14.3 Å². The Morgan fingerprint density at radius 3 is 2.71 bits per heavy atom. The maximum atomic E-state index is 12.2. The molecule has 1 fully saturated rings. The molecular weight excluding hydrogens is 272 g/mol. The number of hydrogen-bond donors (Lipinski definition) is 2. The van der Waals surface area contributed by atoms with Gasteiger partial charge in [0.15, 0.2) is 0 Å². The average molecular weight is 294 g/mol. The van der Waals surface area contributed by atoms with E-state index >= 15 is 0 Å². The molecule has 0 spiro atoms. The highest BCUT2D eigenvalue weighted by molar-refractivity contribution is 5.93. The number of amides is 1. The predicted octanol–water partition coefficient (Wildman–Crippen LogP) is 0.885. The van der Waals surface area contributed by atoms with E-state index in [1.165, 1.54) is 0 Å². The number of carbonyl (C=O) groups excluding carboxylic acids is 1. The monoisotopic (exact) mass is 294 g/mol. The van der Waals surface area contributed by atoms with Crippen LogP contribution in [0.25, 0.3) is 0 Å². The maximum Gasteiger partial charge on any atom is 0.231 e. The van der Waals surface area contributed by atoms with Gasteiger partial charge in [0.1, 0.15) is 12.4 Å². The van der Waals surface area contributed by atoms with Gasteiger partial charge in [0, 0.05) is 18.8 Å². The molecule has 0 saturated carbocycles. The molecule has 6 nitrogen and oxygen atoms in total. The summed E-state index contributed by atoms with van der Waals surface area (Å²) in [5, 5.41) is 6.00. The summed E-state index contributed by atoms with van der Waals surface area (Å²) in [4.78, 5) is 12.2. The molecule has 1 aliphatic heterocycles. The molecule has 0 radical (unpaired) electrons. The lowest BCUT2D eigenvalue weighted by Crippen LogP contribution is -2.39. The van der Waals surface area contributed by atoms with E-state index in [4.69, 9.17) is 14.2 Å². The zero-order valence-electron chi connectivity index (χ0n) is 12.4. The molecular formula is C15H22N2O4. The zero-order valence-corrected chi connectivity index (χ0v) is 12.4. The Kier molecular flexibility index (Phi) is 5.98. The van der Waals surface area contributed by atoms with Crippen LogP contribution in [0.1, 0.15) is 0 Å². The van der Waals surface area contributed by atoms with Gasteiger partial charge in [0.05, 0.1) is 25.7 Å². The highest BCUT2D eigenvalue weighted by atomic mass is 16.5. The number of nitrogens with one attached hydrogen (secondary N) is 2. The summed E-state index contributed by atoms with van der Waals surface area (Å²) in [5.41, 5.74) is 0.751. The fraction of sp³-hybridized carbons (Fsp3) is 0.533. The Bertz CT molecular complexity index is 449. The van der Waals surface area contributed by atoms with Crippen molar-refractivity contribution in [2.75, 3.05) is 45.9 Å². The van der Waals surface area contributed by atoms with Crippen molar-refractivity contribution in [1.82, 2.24) is 5.32 Å². The fourth-order valence-corrected chi connectivity index (χ4v) is 2.21. The standard InChI is InChI=1S/C15H22N2O4/c1-16-14-10-20-9-13(14)15(18)17-11-3-5-12(6-4-11)21-8-7-19-2/h3-6,13-14,16H,7-10H2,1-2H3,(H,17,18). The molecule has 2 atom stereocenters. The first-order valence-corrected chi connectivity index (χ1v) is 7.02. The summed E-state index contributed by atoms with van der Waals surface area (Å²) in [6, 6.07) is 7.37. The second-order valence-corrected chi connectivity index (χ2v) is 4.89. The van der Waals surface area contributed by atoms with Crippen LogP contribution in [0.3, 0.4) is 0 Å². The highest BCUT2D eigenvalue weighted by Crippen LogP contribution is 2.19. The molecule has 1 amide bonds. The van der Waals surface area contributed by atoms with Crippen molar-refractivity contribution in [1.29, 1.82) is 0 Å². The van der Waals surface area contributed by atoms with E-state index in [0.717, 1.165) is 11.4 Å². The van der Waals surface area contributed by atoms with E-state index in [1.807, 2.05) is 31.3 Å². The van der Waals surface area contributed by atoms with Crippen LogP contribution in [-0.4, -0.2) is 52.5 Å². The summed E-state index contributed by atoms with van der Waals surface area (Å²) in [6.07, 6.45) is 0. The van der Waals surface area contributed by atoms with Gasteiger partial charge in [-0.15, -0.1) is 0 Å². The minimum atomic E-state index is -0.160. The quantitative estimate of drug-likeness (QED) is 0.731. The number of ether oxygens (including phenoxy) is 3. The molecule has 1 aliphatic rings. The van der Waals surface area contributed by atoms with E-state index in [2.05, 4.69) is 10.6 Å². The predicted molar refractivity (Wildman–Crippen MR) is 79.6 cm³/mol. The molecule has 116 valence electrons. The van der Waals surface area contributed by atoms with Gasteiger partial charge in [-0.2, -0.15) is 0 Å². The Morgan fingerprint density at radius 2 is 2.05 bits per heavy atom. The molecule has 0 aromatic heterocycles. The Morgan fingerprint density at radius 1 is 1.29 bits per heavy atom. The van der Waals surface area contributed by atoms with Crippen molar-refractivity contribution in [2.45, 2.75) is 6.04 Å². The van der Waals surface area contributed by atoms with Crippen LogP contribution in [0, 0.1) is 5.92 Å². The van der Waals surface area contributed by atoms with Crippen molar-refractivity contribution >= 4 is 11.6 Å². The van der Waals surface area contributed by atoms with E-state index in [-0.39, 0.29) is 17.9 Å². The summed E-state index contributed by atoms with van der Waals surface area (Å²) < 4.78 is 15.7. The minimum absolute atomic E-state index is 0.0279. The number of anilines is 1. The SMILES string of the molecule is CNC1COCC1C(=O)Nc1ccc(OCCOC)cc1. The van der Waals surface area contributed by atoms with Gasteiger partial charge in [0.2, 0.25) is 5.91 Å². The summed E-state index contributed by atoms with van der Waals surface area (Å²) in [5.74, 6) is 0.565. The first-order valence-electron chi connectivity index (χ1n) is 7.02. The molecule has 1 aromatic carbocycles. The van der Waals surface area contributed by atoms with Gasteiger partial charge in [-0.25, -0.2) is 0 Å². The van der Waals surface area contributed by atoms with Crippen molar-refractivity contribution in [3.63, 3.8) is 0 Å². The maximum absolute atomic E-state index is 12.2. The lowest BCUT2D eigenvalue weighted by molar-refractivity contribution is -0.120. The second-order valence-electron chi connectivity index (χ2n) is 4.89. The van der Waals surface area contributed by atoms with Gasteiger partial charge in [-0.1, -0.05) is 0 Å². The molecule has 21 heavy (non-hydrogen) atoms. The lowest BCUT2D eigenvalue weighted by Gasteiger charge is -2.16. The van der Waals surface area contributed by atoms with Crippen LogP contribution in [0.4, 0.5) is 5.69 Å². The molecule has 2 rings (SSSR count). The van der Waals surface area contributed by atoms with Crippen LogP contribution in [0.15, 0.2) is 24.3 Å². The van der Waals surface area contributed by atoms with Crippen molar-refractivity contribution in [3.8, 4) is 5.75 Å². The third-order valence-corrected chi connectivity index (χ3v) is 3.47.